The first-order chi connectivity index (χ1) is 9.95. The van der Waals surface area contributed by atoms with Crippen molar-refractivity contribution in [2.45, 2.75) is 26.4 Å². The van der Waals surface area contributed by atoms with E-state index in [0.717, 1.165) is 11.1 Å². The summed E-state index contributed by atoms with van der Waals surface area (Å²) in [6.07, 6.45) is 0. The predicted molar refractivity (Wildman–Crippen MR) is 82.2 cm³/mol. The molecule has 0 aromatic heterocycles. The second-order valence-corrected chi connectivity index (χ2v) is 5.87. The van der Waals surface area contributed by atoms with Crippen LogP contribution in [0, 0.1) is 17.6 Å². The summed E-state index contributed by atoms with van der Waals surface area (Å²) in [5.74, 6) is -0.278. The fourth-order valence-electron chi connectivity index (χ4n) is 2.35. The fraction of sp³-hybridized carbons (Fsp3) is 0.294. The molecule has 0 aliphatic carbocycles. The molecule has 2 aromatic carbocycles. The van der Waals surface area contributed by atoms with E-state index < -0.39 is 0 Å². The van der Waals surface area contributed by atoms with Crippen LogP contribution in [0.5, 0.6) is 0 Å². The molecule has 1 N–H and O–H groups in total. The smallest absolute Gasteiger partial charge is 0.125 e. The molecule has 4 heteroatoms. The van der Waals surface area contributed by atoms with Gasteiger partial charge in [0.05, 0.1) is 0 Å². The molecule has 2 aromatic rings. The lowest BCUT2D eigenvalue weighted by Crippen LogP contribution is -2.25. The second kappa shape index (κ2) is 7.01. The Kier molecular flexibility index (Phi) is 5.32. The Balaban J connectivity index is 2.11. The van der Waals surface area contributed by atoms with Gasteiger partial charge in [-0.05, 0) is 47.4 Å². The van der Waals surface area contributed by atoms with E-state index in [9.17, 15) is 8.78 Å². The summed E-state index contributed by atoms with van der Waals surface area (Å²) < 4.78 is 26.3. The number of rotatable bonds is 5. The maximum Gasteiger partial charge on any atom is 0.125 e. The van der Waals surface area contributed by atoms with Crippen LogP contribution in [-0.2, 0) is 6.54 Å². The van der Waals surface area contributed by atoms with Crippen LogP contribution in [0.4, 0.5) is 8.78 Å². The summed E-state index contributed by atoms with van der Waals surface area (Å²) >= 11 is 5.85. The lowest BCUT2D eigenvalue weighted by molar-refractivity contribution is 0.409. The van der Waals surface area contributed by atoms with Crippen LogP contribution in [0.25, 0.3) is 0 Å². The lowest BCUT2D eigenvalue weighted by Gasteiger charge is -2.23. The lowest BCUT2D eigenvalue weighted by atomic mass is 9.95. The van der Waals surface area contributed by atoms with E-state index in [1.165, 1.54) is 24.3 Å². The van der Waals surface area contributed by atoms with Crippen molar-refractivity contribution < 1.29 is 8.78 Å². The van der Waals surface area contributed by atoms with Gasteiger partial charge in [0, 0.05) is 17.6 Å². The molecule has 112 valence electrons. The van der Waals surface area contributed by atoms with Crippen LogP contribution in [-0.4, -0.2) is 0 Å². The first-order valence-corrected chi connectivity index (χ1v) is 7.27. The average Bonchev–Trinajstić information content (AvgIpc) is 2.39. The van der Waals surface area contributed by atoms with E-state index in [1.807, 2.05) is 0 Å². The molecular weight excluding hydrogens is 292 g/mol. The standard InChI is InChI=1S/C17H18ClF2N/c1-11(2)17(13-3-5-15(19)6-4-13)21-10-12-7-14(18)9-16(20)8-12/h3-9,11,17,21H,10H2,1-2H3. The van der Waals surface area contributed by atoms with Gasteiger partial charge < -0.3 is 5.32 Å². The molecule has 0 bridgehead atoms. The van der Waals surface area contributed by atoms with E-state index in [1.54, 1.807) is 18.2 Å². The molecule has 2 rings (SSSR count). The minimum Gasteiger partial charge on any atom is -0.306 e. The number of hydrogen-bond donors (Lipinski definition) is 1. The van der Waals surface area contributed by atoms with Crippen molar-refractivity contribution in [2.24, 2.45) is 5.92 Å². The molecule has 0 aliphatic heterocycles. The zero-order chi connectivity index (χ0) is 15.4. The van der Waals surface area contributed by atoms with E-state index >= 15 is 0 Å². The van der Waals surface area contributed by atoms with E-state index in [-0.39, 0.29) is 17.7 Å². The van der Waals surface area contributed by atoms with E-state index in [2.05, 4.69) is 19.2 Å². The van der Waals surface area contributed by atoms with Gasteiger partial charge in [-0.3, -0.25) is 0 Å². The van der Waals surface area contributed by atoms with Crippen LogP contribution in [0.15, 0.2) is 42.5 Å². The Hall–Kier alpha value is -1.45. The van der Waals surface area contributed by atoms with Crippen molar-refractivity contribution in [1.82, 2.24) is 5.32 Å². The van der Waals surface area contributed by atoms with Gasteiger partial charge in [0.15, 0.2) is 0 Å². The maximum absolute atomic E-state index is 13.3. The topological polar surface area (TPSA) is 12.0 Å². The van der Waals surface area contributed by atoms with Crippen molar-refractivity contribution in [3.63, 3.8) is 0 Å². The highest BCUT2D eigenvalue weighted by atomic mass is 35.5. The number of nitrogens with one attached hydrogen (secondary N) is 1. The molecule has 0 spiro atoms. The first-order valence-electron chi connectivity index (χ1n) is 6.89. The molecule has 0 saturated heterocycles. The third-order valence-electron chi connectivity index (χ3n) is 3.34. The van der Waals surface area contributed by atoms with E-state index in [0.29, 0.717) is 17.5 Å². The summed E-state index contributed by atoms with van der Waals surface area (Å²) in [4.78, 5) is 0. The van der Waals surface area contributed by atoms with Crippen LogP contribution < -0.4 is 5.32 Å². The Morgan fingerprint density at radius 1 is 1.00 bits per heavy atom. The summed E-state index contributed by atoms with van der Waals surface area (Å²) in [6, 6.07) is 11.0. The summed E-state index contributed by atoms with van der Waals surface area (Å²) in [6.45, 7) is 4.66. The van der Waals surface area contributed by atoms with Gasteiger partial charge in [-0.1, -0.05) is 37.6 Å². The molecular formula is C17H18ClF2N. The number of benzene rings is 2. The Labute approximate surface area is 128 Å². The molecule has 0 radical (unpaired) electrons. The van der Waals surface area contributed by atoms with Gasteiger partial charge in [0.2, 0.25) is 0 Å². The quantitative estimate of drug-likeness (QED) is 0.809. The predicted octanol–water partition coefficient (Wildman–Crippen LogP) is 5.11. The fourth-order valence-corrected chi connectivity index (χ4v) is 2.59. The molecule has 0 amide bonds. The number of hydrogen-bond acceptors (Lipinski definition) is 1. The summed E-state index contributed by atoms with van der Waals surface area (Å²) in [5.41, 5.74) is 1.79. The molecule has 0 fully saturated rings. The van der Waals surface area contributed by atoms with Gasteiger partial charge >= 0.3 is 0 Å². The largest absolute Gasteiger partial charge is 0.306 e. The van der Waals surface area contributed by atoms with Crippen LogP contribution in [0.2, 0.25) is 5.02 Å². The van der Waals surface area contributed by atoms with Gasteiger partial charge in [0.25, 0.3) is 0 Å². The molecule has 1 atom stereocenters. The normalized spacial score (nSPS) is 12.7. The van der Waals surface area contributed by atoms with Gasteiger partial charge in [0.1, 0.15) is 11.6 Å². The van der Waals surface area contributed by atoms with Gasteiger partial charge in [-0.25, -0.2) is 8.78 Å². The minimum atomic E-state index is -0.345. The molecule has 1 unspecified atom stereocenters. The SMILES string of the molecule is CC(C)C(NCc1cc(F)cc(Cl)c1)c1ccc(F)cc1. The average molecular weight is 310 g/mol. The highest BCUT2D eigenvalue weighted by Crippen LogP contribution is 2.23. The van der Waals surface area contributed by atoms with Crippen molar-refractivity contribution in [2.75, 3.05) is 0 Å². The maximum atomic E-state index is 13.3. The minimum absolute atomic E-state index is 0.0626. The molecule has 1 nitrogen and oxygen atoms in total. The van der Waals surface area contributed by atoms with Crippen molar-refractivity contribution >= 4 is 11.6 Å². The molecule has 0 heterocycles. The van der Waals surface area contributed by atoms with Gasteiger partial charge in [-0.15, -0.1) is 0 Å². The third-order valence-corrected chi connectivity index (χ3v) is 3.56. The Morgan fingerprint density at radius 3 is 2.24 bits per heavy atom. The van der Waals surface area contributed by atoms with Crippen LogP contribution >= 0.6 is 11.6 Å². The Bertz CT molecular complexity index is 576. The van der Waals surface area contributed by atoms with Crippen molar-refractivity contribution in [1.29, 1.82) is 0 Å². The molecule has 21 heavy (non-hydrogen) atoms. The highest BCUT2D eigenvalue weighted by Gasteiger charge is 2.15. The highest BCUT2D eigenvalue weighted by molar-refractivity contribution is 6.30. The summed E-state index contributed by atoms with van der Waals surface area (Å²) in [7, 11) is 0. The first kappa shape index (κ1) is 15.9. The second-order valence-electron chi connectivity index (χ2n) is 5.43. The third kappa shape index (κ3) is 4.51. The zero-order valence-electron chi connectivity index (χ0n) is 12.0. The van der Waals surface area contributed by atoms with Gasteiger partial charge in [-0.2, -0.15) is 0 Å². The zero-order valence-corrected chi connectivity index (χ0v) is 12.8. The summed E-state index contributed by atoms with van der Waals surface area (Å²) in [5, 5.41) is 3.76. The molecule has 0 saturated carbocycles. The van der Waals surface area contributed by atoms with E-state index in [4.69, 9.17) is 11.6 Å². The number of halogens is 3. The van der Waals surface area contributed by atoms with Crippen molar-refractivity contribution in [3.8, 4) is 0 Å². The van der Waals surface area contributed by atoms with Crippen LogP contribution in [0.1, 0.15) is 31.0 Å². The molecule has 0 aliphatic rings. The van der Waals surface area contributed by atoms with Crippen molar-refractivity contribution in [3.05, 3.63) is 70.2 Å². The monoisotopic (exact) mass is 309 g/mol. The van der Waals surface area contributed by atoms with Crippen LogP contribution in [0.3, 0.4) is 0 Å². The Morgan fingerprint density at radius 2 is 1.67 bits per heavy atom.